The van der Waals surface area contributed by atoms with Crippen LogP contribution in [0.4, 0.5) is 0 Å². The molecule has 0 amide bonds. The van der Waals surface area contributed by atoms with Gasteiger partial charge in [-0.2, -0.15) is 10.2 Å². The average molecular weight is 200 g/mol. The van der Waals surface area contributed by atoms with Crippen molar-refractivity contribution in [2.45, 2.75) is 12.3 Å². The first-order chi connectivity index (χ1) is 6.70. The zero-order valence-corrected chi connectivity index (χ0v) is 6.90. The summed E-state index contributed by atoms with van der Waals surface area (Å²) < 4.78 is 0. The van der Waals surface area contributed by atoms with Gasteiger partial charge < -0.3 is 0 Å². The summed E-state index contributed by atoms with van der Waals surface area (Å²) in [6, 6.07) is 0. The van der Waals surface area contributed by atoms with Gasteiger partial charge in [-0.1, -0.05) is 10.4 Å². The monoisotopic (exact) mass is 200 g/mol. The number of carbonyl (C=O) groups excluding carboxylic acids is 1. The molecule has 2 aliphatic rings. The zero-order valence-electron chi connectivity index (χ0n) is 6.90. The summed E-state index contributed by atoms with van der Waals surface area (Å²) in [5.74, 6) is 10.3. The van der Waals surface area contributed by atoms with Crippen molar-refractivity contribution in [1.82, 2.24) is 21.1 Å². The summed E-state index contributed by atoms with van der Waals surface area (Å²) in [5, 5.41) is 15.3. The predicted octanol–water partition coefficient (Wildman–Crippen LogP) is -2.67. The van der Waals surface area contributed by atoms with Crippen LogP contribution >= 0.6 is 0 Å². The Balaban J connectivity index is 2.02. The van der Waals surface area contributed by atoms with Gasteiger partial charge in [-0.25, -0.2) is 11.7 Å². The number of carbonyl (C=O) groups is 1. The minimum atomic E-state index is -0.859. The smallest absolute Gasteiger partial charge is 0.227 e. The third kappa shape index (κ3) is 1.20. The second kappa shape index (κ2) is 3.04. The third-order valence-corrected chi connectivity index (χ3v) is 1.72. The van der Waals surface area contributed by atoms with E-state index in [1.165, 1.54) is 0 Å². The molecular weight excluding hydrogens is 192 g/mol. The fraction of sp³-hybridized carbons (Fsp3) is 0.667. The molecule has 2 aliphatic heterocycles. The van der Waals surface area contributed by atoms with Crippen molar-refractivity contribution in [2.24, 2.45) is 32.6 Å². The lowest BCUT2D eigenvalue weighted by atomic mass is 10.2. The fourth-order valence-electron chi connectivity index (χ4n) is 1.02. The van der Waals surface area contributed by atoms with Gasteiger partial charge in [0, 0.05) is 0 Å². The SMILES string of the molecule is NN1N=NNC1C(=O)C1NN=NN1N. The molecule has 0 spiro atoms. The van der Waals surface area contributed by atoms with Gasteiger partial charge in [0.15, 0.2) is 0 Å². The lowest BCUT2D eigenvalue weighted by Crippen LogP contribution is -2.57. The Morgan fingerprint density at radius 2 is 1.50 bits per heavy atom. The molecule has 2 heterocycles. The maximum absolute atomic E-state index is 11.7. The summed E-state index contributed by atoms with van der Waals surface area (Å²) in [5.41, 5.74) is 4.82. The molecule has 0 saturated heterocycles. The van der Waals surface area contributed by atoms with Crippen molar-refractivity contribution in [3.8, 4) is 0 Å². The van der Waals surface area contributed by atoms with Crippen LogP contribution in [0.15, 0.2) is 20.9 Å². The highest BCUT2D eigenvalue weighted by Crippen LogP contribution is 2.08. The highest BCUT2D eigenvalue weighted by molar-refractivity contribution is 5.88. The molecule has 0 bridgehead atoms. The van der Waals surface area contributed by atoms with E-state index in [2.05, 4.69) is 31.7 Å². The van der Waals surface area contributed by atoms with Crippen LogP contribution in [0.3, 0.4) is 0 Å². The van der Waals surface area contributed by atoms with E-state index in [4.69, 9.17) is 11.7 Å². The predicted molar refractivity (Wildman–Crippen MR) is 40.6 cm³/mol. The van der Waals surface area contributed by atoms with Gasteiger partial charge in [0.2, 0.25) is 18.1 Å². The van der Waals surface area contributed by atoms with Gasteiger partial charge in [0.1, 0.15) is 0 Å². The number of ketones is 1. The van der Waals surface area contributed by atoms with E-state index in [1.807, 2.05) is 0 Å². The quantitative estimate of drug-likeness (QED) is 0.355. The Labute approximate surface area is 77.6 Å². The molecule has 11 heteroatoms. The van der Waals surface area contributed by atoms with Gasteiger partial charge in [-0.15, -0.1) is 0 Å². The Bertz CT molecular complexity index is 270. The number of nitrogens with zero attached hydrogens (tertiary/aromatic N) is 6. The Kier molecular flexibility index (Phi) is 1.86. The molecule has 2 rings (SSSR count). The van der Waals surface area contributed by atoms with Crippen molar-refractivity contribution in [3.05, 3.63) is 0 Å². The first-order valence-electron chi connectivity index (χ1n) is 3.64. The maximum atomic E-state index is 11.7. The number of nitrogens with one attached hydrogen (secondary N) is 2. The molecule has 0 aromatic rings. The lowest BCUT2D eigenvalue weighted by Gasteiger charge is -2.20. The molecule has 2 unspecified atom stereocenters. The number of rotatable bonds is 2. The average Bonchev–Trinajstić information content (AvgIpc) is 2.73. The van der Waals surface area contributed by atoms with Crippen LogP contribution < -0.4 is 22.5 Å². The van der Waals surface area contributed by atoms with Crippen LogP contribution in [-0.2, 0) is 4.79 Å². The zero-order chi connectivity index (χ0) is 10.1. The van der Waals surface area contributed by atoms with E-state index in [0.29, 0.717) is 0 Å². The number of hydrazine groups is 2. The standard InChI is InChI=1S/C3H8N10O/c4-12-2(6-8-10-12)1(14)3-7-9-11-13(3)5/h2-3H,4-5H2,(H,6,10)(H,7,11). The van der Waals surface area contributed by atoms with Crippen LogP contribution in [0.5, 0.6) is 0 Å². The van der Waals surface area contributed by atoms with Crippen LogP contribution in [0.25, 0.3) is 0 Å². The van der Waals surface area contributed by atoms with Crippen molar-refractivity contribution in [2.75, 3.05) is 0 Å². The Morgan fingerprint density at radius 3 is 1.79 bits per heavy atom. The van der Waals surface area contributed by atoms with Crippen LogP contribution in [0, 0.1) is 0 Å². The van der Waals surface area contributed by atoms with Gasteiger partial charge in [-0.05, 0) is 10.4 Å². The first-order valence-corrected chi connectivity index (χ1v) is 3.64. The minimum absolute atomic E-state index is 0.384. The summed E-state index contributed by atoms with van der Waals surface area (Å²) in [7, 11) is 0. The van der Waals surface area contributed by atoms with Gasteiger partial charge >= 0.3 is 0 Å². The Hall–Kier alpha value is -2.01. The number of Topliss-reactive ketones (excluding diaryl/α,β-unsaturated/α-hetero) is 1. The molecule has 0 aromatic carbocycles. The fourth-order valence-corrected chi connectivity index (χ4v) is 1.02. The second-order valence-corrected chi connectivity index (χ2v) is 2.60. The second-order valence-electron chi connectivity index (χ2n) is 2.60. The maximum Gasteiger partial charge on any atom is 0.227 e. The highest BCUT2D eigenvalue weighted by atomic mass is 16.2. The van der Waals surface area contributed by atoms with Crippen LogP contribution in [0.1, 0.15) is 0 Å². The summed E-state index contributed by atoms with van der Waals surface area (Å²) in [6.07, 6.45) is -1.72. The Morgan fingerprint density at radius 1 is 1.07 bits per heavy atom. The first kappa shape index (κ1) is 8.58. The van der Waals surface area contributed by atoms with E-state index in [1.54, 1.807) is 0 Å². The van der Waals surface area contributed by atoms with Crippen molar-refractivity contribution in [1.29, 1.82) is 0 Å². The van der Waals surface area contributed by atoms with Crippen LogP contribution in [-0.4, -0.2) is 28.4 Å². The summed E-state index contributed by atoms with van der Waals surface area (Å²) >= 11 is 0. The van der Waals surface area contributed by atoms with Crippen molar-refractivity contribution in [3.63, 3.8) is 0 Å². The van der Waals surface area contributed by atoms with Crippen molar-refractivity contribution < 1.29 is 4.79 Å². The van der Waals surface area contributed by atoms with Crippen molar-refractivity contribution >= 4 is 5.78 Å². The minimum Gasteiger partial charge on any atom is -0.290 e. The van der Waals surface area contributed by atoms with Gasteiger partial charge in [-0.3, -0.25) is 15.6 Å². The topological polar surface area (TPSA) is 149 Å². The number of nitrogens with two attached hydrogens (primary N) is 2. The van der Waals surface area contributed by atoms with E-state index >= 15 is 0 Å². The molecule has 0 aromatic heterocycles. The highest BCUT2D eigenvalue weighted by Gasteiger charge is 2.37. The third-order valence-electron chi connectivity index (χ3n) is 1.72. The molecule has 76 valence electrons. The molecule has 14 heavy (non-hydrogen) atoms. The lowest BCUT2D eigenvalue weighted by molar-refractivity contribution is -0.130. The molecule has 0 radical (unpaired) electrons. The van der Waals surface area contributed by atoms with E-state index < -0.39 is 12.3 Å². The number of hydrogen-bond donors (Lipinski definition) is 4. The number of hydrogen-bond acceptors (Lipinski definition) is 11. The van der Waals surface area contributed by atoms with Crippen LogP contribution in [0.2, 0.25) is 0 Å². The van der Waals surface area contributed by atoms with Gasteiger partial charge in [0.05, 0.1) is 0 Å². The summed E-state index contributed by atoms with van der Waals surface area (Å²) in [6.45, 7) is 0. The van der Waals surface area contributed by atoms with E-state index in [9.17, 15) is 4.79 Å². The normalized spacial score (nSPS) is 29.3. The van der Waals surface area contributed by atoms with E-state index in [0.717, 1.165) is 10.2 Å². The molecule has 11 nitrogen and oxygen atoms in total. The molecule has 0 saturated carbocycles. The van der Waals surface area contributed by atoms with E-state index in [-0.39, 0.29) is 5.78 Å². The molecule has 0 aliphatic carbocycles. The molecular formula is C3H8N10O. The van der Waals surface area contributed by atoms with Gasteiger partial charge in [0.25, 0.3) is 0 Å². The largest absolute Gasteiger partial charge is 0.290 e. The summed E-state index contributed by atoms with van der Waals surface area (Å²) in [4.78, 5) is 11.7. The molecule has 2 atom stereocenters. The molecule has 6 N–H and O–H groups in total. The molecule has 0 fully saturated rings.